The summed E-state index contributed by atoms with van der Waals surface area (Å²) in [6, 6.07) is 0. The van der Waals surface area contributed by atoms with Gasteiger partial charge in [-0.1, -0.05) is 97.8 Å². The fourth-order valence-electron chi connectivity index (χ4n) is 3.15. The number of ether oxygens (including phenoxy) is 1. The van der Waals surface area contributed by atoms with Crippen LogP contribution in [0.5, 0.6) is 0 Å². The highest BCUT2D eigenvalue weighted by atomic mass is 16.5. The lowest BCUT2D eigenvalue weighted by Crippen LogP contribution is -2.17. The zero-order valence-corrected chi connectivity index (χ0v) is 16.9. The Labute approximate surface area is 152 Å². The minimum Gasteiger partial charge on any atom is -0.462 e. The van der Waals surface area contributed by atoms with E-state index in [4.69, 9.17) is 4.74 Å². The average molecular weight is 341 g/mol. The van der Waals surface area contributed by atoms with Gasteiger partial charge in [0.2, 0.25) is 0 Å². The summed E-state index contributed by atoms with van der Waals surface area (Å²) in [6.45, 7) is 6.59. The van der Waals surface area contributed by atoms with Gasteiger partial charge in [0.25, 0.3) is 0 Å². The Balaban J connectivity index is 3.46. The van der Waals surface area contributed by atoms with E-state index in [9.17, 15) is 4.79 Å². The summed E-state index contributed by atoms with van der Waals surface area (Å²) in [4.78, 5) is 11.8. The van der Waals surface area contributed by atoms with Gasteiger partial charge in [-0.15, -0.1) is 0 Å². The molecule has 0 radical (unpaired) electrons. The molecule has 0 aromatic rings. The van der Waals surface area contributed by atoms with Crippen LogP contribution in [0.15, 0.2) is 0 Å². The van der Waals surface area contributed by atoms with Crippen molar-refractivity contribution in [3.05, 3.63) is 0 Å². The van der Waals surface area contributed by atoms with Gasteiger partial charge in [0.05, 0.1) is 0 Å². The molecule has 2 heteroatoms. The van der Waals surface area contributed by atoms with Crippen LogP contribution in [-0.4, -0.2) is 12.1 Å². The van der Waals surface area contributed by atoms with E-state index in [0.717, 1.165) is 25.7 Å². The van der Waals surface area contributed by atoms with Crippen molar-refractivity contribution in [2.75, 3.05) is 0 Å². The Kier molecular flexibility index (Phi) is 18.4. The molecule has 0 bridgehead atoms. The second kappa shape index (κ2) is 18.8. The van der Waals surface area contributed by atoms with Gasteiger partial charge in [0.15, 0.2) is 0 Å². The molecular formula is C22H44O2. The molecule has 0 aromatic heterocycles. The molecule has 144 valence electrons. The third-order valence-electron chi connectivity index (χ3n) is 4.87. The number of esters is 1. The molecule has 0 aliphatic heterocycles. The maximum absolute atomic E-state index is 11.8. The molecule has 2 nitrogen and oxygen atoms in total. The first-order valence-corrected chi connectivity index (χ1v) is 10.9. The number of rotatable bonds is 18. The van der Waals surface area contributed by atoms with E-state index >= 15 is 0 Å². The first-order valence-electron chi connectivity index (χ1n) is 10.9. The molecule has 0 spiro atoms. The SMILES string of the molecule is CCCCCCCCCCCC[C@@H](CC)OC(=O)CCCCCC. The number of carbonyl (C=O) groups is 1. The Morgan fingerprint density at radius 1 is 0.667 bits per heavy atom. The minimum atomic E-state index is 0.0185. The van der Waals surface area contributed by atoms with E-state index < -0.39 is 0 Å². The maximum Gasteiger partial charge on any atom is 0.306 e. The smallest absolute Gasteiger partial charge is 0.306 e. The largest absolute Gasteiger partial charge is 0.462 e. The van der Waals surface area contributed by atoms with E-state index in [2.05, 4.69) is 20.8 Å². The number of hydrogen-bond acceptors (Lipinski definition) is 2. The molecule has 0 N–H and O–H groups in total. The lowest BCUT2D eigenvalue weighted by atomic mass is 10.0. The van der Waals surface area contributed by atoms with Crippen LogP contribution >= 0.6 is 0 Å². The van der Waals surface area contributed by atoms with E-state index in [0.29, 0.717) is 6.42 Å². The molecule has 0 aliphatic carbocycles. The Bertz CT molecular complexity index is 263. The van der Waals surface area contributed by atoms with Gasteiger partial charge in [-0.25, -0.2) is 0 Å². The molecule has 1 atom stereocenters. The van der Waals surface area contributed by atoms with Gasteiger partial charge >= 0.3 is 5.97 Å². The molecule has 24 heavy (non-hydrogen) atoms. The molecule has 0 amide bonds. The lowest BCUT2D eigenvalue weighted by Gasteiger charge is -2.16. The summed E-state index contributed by atoms with van der Waals surface area (Å²) < 4.78 is 5.62. The fraction of sp³-hybridized carbons (Fsp3) is 0.955. The standard InChI is InChI=1S/C22H44O2/c1-4-7-9-11-12-13-14-15-16-17-19-21(6-3)24-22(23)20-18-10-8-5-2/h21H,4-20H2,1-3H3/t21-/m1/s1. The summed E-state index contributed by atoms with van der Waals surface area (Å²) in [5.41, 5.74) is 0. The molecule has 0 unspecified atom stereocenters. The summed E-state index contributed by atoms with van der Waals surface area (Å²) in [5.74, 6) is 0.0185. The van der Waals surface area contributed by atoms with Crippen molar-refractivity contribution in [1.82, 2.24) is 0 Å². The molecule has 0 saturated heterocycles. The van der Waals surface area contributed by atoms with Crippen LogP contribution in [0.1, 0.15) is 130 Å². The van der Waals surface area contributed by atoms with E-state index in [1.807, 2.05) is 0 Å². The quantitative estimate of drug-likeness (QED) is 0.190. The third kappa shape index (κ3) is 16.3. The van der Waals surface area contributed by atoms with E-state index in [1.165, 1.54) is 77.0 Å². The van der Waals surface area contributed by atoms with Gasteiger partial charge in [0, 0.05) is 6.42 Å². The monoisotopic (exact) mass is 340 g/mol. The first kappa shape index (κ1) is 23.5. The molecule has 0 aliphatic rings. The highest BCUT2D eigenvalue weighted by molar-refractivity contribution is 5.69. The van der Waals surface area contributed by atoms with Crippen molar-refractivity contribution in [1.29, 1.82) is 0 Å². The van der Waals surface area contributed by atoms with Gasteiger partial charge in [-0.3, -0.25) is 4.79 Å². The normalized spacial score (nSPS) is 12.3. The second-order valence-electron chi connectivity index (χ2n) is 7.30. The highest BCUT2D eigenvalue weighted by Gasteiger charge is 2.11. The van der Waals surface area contributed by atoms with Crippen LogP contribution in [0.2, 0.25) is 0 Å². The Morgan fingerprint density at radius 2 is 1.12 bits per heavy atom. The van der Waals surface area contributed by atoms with Crippen LogP contribution in [0, 0.1) is 0 Å². The summed E-state index contributed by atoms with van der Waals surface area (Å²) in [6.07, 6.45) is 20.9. The molecule has 0 heterocycles. The first-order chi connectivity index (χ1) is 11.7. The molecule has 0 rings (SSSR count). The second-order valence-corrected chi connectivity index (χ2v) is 7.30. The van der Waals surface area contributed by atoms with Crippen LogP contribution < -0.4 is 0 Å². The van der Waals surface area contributed by atoms with Crippen molar-refractivity contribution in [2.24, 2.45) is 0 Å². The zero-order chi connectivity index (χ0) is 17.9. The highest BCUT2D eigenvalue weighted by Crippen LogP contribution is 2.15. The Morgan fingerprint density at radius 3 is 1.62 bits per heavy atom. The zero-order valence-electron chi connectivity index (χ0n) is 16.9. The van der Waals surface area contributed by atoms with Gasteiger partial charge in [-0.2, -0.15) is 0 Å². The predicted molar refractivity (Wildman–Crippen MR) is 105 cm³/mol. The predicted octanol–water partition coefficient (Wildman–Crippen LogP) is 7.59. The Hall–Kier alpha value is -0.530. The van der Waals surface area contributed by atoms with Gasteiger partial charge in [0.1, 0.15) is 6.10 Å². The topological polar surface area (TPSA) is 26.3 Å². The minimum absolute atomic E-state index is 0.0185. The number of unbranched alkanes of at least 4 members (excludes halogenated alkanes) is 12. The molecule has 0 saturated carbocycles. The summed E-state index contributed by atoms with van der Waals surface area (Å²) in [5, 5.41) is 0. The molecule has 0 fully saturated rings. The third-order valence-corrected chi connectivity index (χ3v) is 4.87. The van der Waals surface area contributed by atoms with Crippen LogP contribution in [-0.2, 0) is 9.53 Å². The van der Waals surface area contributed by atoms with Crippen molar-refractivity contribution < 1.29 is 9.53 Å². The number of carbonyl (C=O) groups excluding carboxylic acids is 1. The summed E-state index contributed by atoms with van der Waals surface area (Å²) in [7, 11) is 0. The van der Waals surface area contributed by atoms with E-state index in [-0.39, 0.29) is 12.1 Å². The fourth-order valence-corrected chi connectivity index (χ4v) is 3.15. The van der Waals surface area contributed by atoms with Crippen LogP contribution in [0.25, 0.3) is 0 Å². The van der Waals surface area contributed by atoms with Gasteiger partial charge in [-0.05, 0) is 25.7 Å². The van der Waals surface area contributed by atoms with Crippen molar-refractivity contribution in [3.8, 4) is 0 Å². The number of hydrogen-bond donors (Lipinski definition) is 0. The lowest BCUT2D eigenvalue weighted by molar-refractivity contribution is -0.149. The van der Waals surface area contributed by atoms with E-state index in [1.54, 1.807) is 0 Å². The summed E-state index contributed by atoms with van der Waals surface area (Å²) >= 11 is 0. The average Bonchev–Trinajstić information content (AvgIpc) is 2.59. The van der Waals surface area contributed by atoms with Crippen LogP contribution in [0.4, 0.5) is 0 Å². The maximum atomic E-state index is 11.8. The van der Waals surface area contributed by atoms with Crippen molar-refractivity contribution >= 4 is 5.97 Å². The molecule has 0 aromatic carbocycles. The van der Waals surface area contributed by atoms with Gasteiger partial charge < -0.3 is 4.74 Å². The van der Waals surface area contributed by atoms with Crippen molar-refractivity contribution in [3.63, 3.8) is 0 Å². The molecular weight excluding hydrogens is 296 g/mol. The van der Waals surface area contributed by atoms with Crippen LogP contribution in [0.3, 0.4) is 0 Å². The van der Waals surface area contributed by atoms with Crippen molar-refractivity contribution in [2.45, 2.75) is 136 Å².